The molecular weight excluding hydrogens is 412 g/mol. The Morgan fingerprint density at radius 1 is 1.19 bits per heavy atom. The molecule has 0 spiro atoms. The van der Waals surface area contributed by atoms with E-state index in [1.807, 2.05) is 48.5 Å². The fourth-order valence-corrected chi connectivity index (χ4v) is 3.51. The molecule has 10 heteroatoms. The Balaban J connectivity index is 1.48. The van der Waals surface area contributed by atoms with Crippen LogP contribution in [0.1, 0.15) is 5.56 Å². The maximum atomic E-state index is 12.6. The molecule has 2 aliphatic rings. The molecule has 10 nitrogen and oxygen atoms in total. The molecular formula is C22H24N6O4. The van der Waals surface area contributed by atoms with Crippen LogP contribution in [-0.4, -0.2) is 77.5 Å². The molecule has 32 heavy (non-hydrogen) atoms. The molecule has 3 N–H and O–H groups in total. The number of likely N-dealkylation sites (N-methyl/N-ethyl adjacent to an activating group) is 1. The minimum atomic E-state index is -0.921. The molecule has 0 radical (unpaired) electrons. The second-order valence-corrected chi connectivity index (χ2v) is 7.43. The van der Waals surface area contributed by atoms with Gasteiger partial charge in [0.25, 0.3) is 5.91 Å². The number of hydrogen-bond acceptors (Lipinski definition) is 8. The Bertz CT molecular complexity index is 1010. The quantitative estimate of drug-likeness (QED) is 0.432. The number of hydrogen-bond donors (Lipinski definition) is 3. The molecule has 1 fully saturated rings. The van der Waals surface area contributed by atoms with Crippen LogP contribution in [0.2, 0.25) is 0 Å². The van der Waals surface area contributed by atoms with E-state index < -0.39 is 30.2 Å². The van der Waals surface area contributed by atoms with Gasteiger partial charge in [0.2, 0.25) is 5.96 Å². The monoisotopic (exact) mass is 436 g/mol. The number of rotatable bonds is 7. The zero-order valence-electron chi connectivity index (χ0n) is 17.5. The van der Waals surface area contributed by atoms with Crippen molar-refractivity contribution in [2.24, 2.45) is 10.1 Å². The largest absolute Gasteiger partial charge is 0.491 e. The minimum Gasteiger partial charge on any atom is -0.491 e. The van der Waals surface area contributed by atoms with Crippen molar-refractivity contribution in [3.63, 3.8) is 0 Å². The number of nitrogens with zero attached hydrogens (tertiary/aromatic N) is 4. The third-order valence-corrected chi connectivity index (χ3v) is 5.13. The van der Waals surface area contributed by atoms with Crippen molar-refractivity contribution in [1.29, 1.82) is 0 Å². The summed E-state index contributed by atoms with van der Waals surface area (Å²) in [5.74, 6) is 0.426. The van der Waals surface area contributed by atoms with Gasteiger partial charge in [0, 0.05) is 7.05 Å². The molecule has 2 aromatic rings. The number of nitrogens with one attached hydrogen (secondary N) is 2. The normalized spacial score (nSPS) is 21.2. The fourth-order valence-electron chi connectivity index (χ4n) is 3.51. The van der Waals surface area contributed by atoms with E-state index >= 15 is 0 Å². The van der Waals surface area contributed by atoms with Crippen molar-refractivity contribution in [2.75, 3.05) is 20.2 Å². The van der Waals surface area contributed by atoms with Gasteiger partial charge in [-0.2, -0.15) is 5.10 Å². The lowest BCUT2D eigenvalue weighted by molar-refractivity contribution is -0.127. The zero-order valence-corrected chi connectivity index (χ0v) is 17.5. The SMILES string of the molecule is CN1C(=O)NC(=O)C2C1N=C(N/N=C/c1ccccc1)N2CC(O)COc1ccccc1. The second kappa shape index (κ2) is 9.48. The number of guanidine groups is 1. The molecule has 0 saturated carbocycles. The van der Waals surface area contributed by atoms with E-state index in [2.05, 4.69) is 20.8 Å². The predicted octanol–water partition coefficient (Wildman–Crippen LogP) is 0.598. The number of aliphatic imine (C=N–C) groups is 1. The minimum absolute atomic E-state index is 0.0227. The number of aliphatic hydroxyl groups excluding tert-OH is 1. The number of carbonyl (C=O) groups is 2. The van der Waals surface area contributed by atoms with Gasteiger partial charge < -0.3 is 19.6 Å². The number of urea groups is 1. The summed E-state index contributed by atoms with van der Waals surface area (Å²) in [4.78, 5) is 32.1. The first-order valence-electron chi connectivity index (χ1n) is 10.1. The van der Waals surface area contributed by atoms with Gasteiger partial charge >= 0.3 is 6.03 Å². The van der Waals surface area contributed by atoms with Crippen molar-refractivity contribution >= 4 is 24.1 Å². The Kier molecular flexibility index (Phi) is 6.31. The molecule has 3 amide bonds. The van der Waals surface area contributed by atoms with E-state index in [1.165, 1.54) is 4.90 Å². The molecule has 1 saturated heterocycles. The molecule has 2 aliphatic heterocycles. The first kappa shape index (κ1) is 21.3. The van der Waals surface area contributed by atoms with E-state index in [4.69, 9.17) is 4.74 Å². The molecule has 3 unspecified atom stereocenters. The third kappa shape index (κ3) is 4.70. The van der Waals surface area contributed by atoms with Gasteiger partial charge in [-0.3, -0.25) is 10.1 Å². The molecule has 2 heterocycles. The summed E-state index contributed by atoms with van der Waals surface area (Å²) < 4.78 is 5.62. The first-order chi connectivity index (χ1) is 15.5. The van der Waals surface area contributed by atoms with Crippen LogP contribution >= 0.6 is 0 Å². The number of fused-ring (bicyclic) bond motifs is 1. The van der Waals surface area contributed by atoms with Gasteiger partial charge in [-0.15, -0.1) is 0 Å². The Hall–Kier alpha value is -3.92. The maximum Gasteiger partial charge on any atom is 0.325 e. The van der Waals surface area contributed by atoms with Crippen LogP contribution in [0.3, 0.4) is 0 Å². The van der Waals surface area contributed by atoms with Crippen LogP contribution in [0, 0.1) is 0 Å². The van der Waals surface area contributed by atoms with E-state index in [1.54, 1.807) is 30.3 Å². The highest BCUT2D eigenvalue weighted by molar-refractivity contribution is 6.03. The summed E-state index contributed by atoms with van der Waals surface area (Å²) in [6.45, 7) is 0.0744. The van der Waals surface area contributed by atoms with Crippen molar-refractivity contribution in [2.45, 2.75) is 18.3 Å². The number of benzene rings is 2. The van der Waals surface area contributed by atoms with E-state index in [0.29, 0.717) is 5.75 Å². The van der Waals surface area contributed by atoms with Crippen LogP contribution < -0.4 is 15.5 Å². The molecule has 166 valence electrons. The van der Waals surface area contributed by atoms with Gasteiger partial charge in [0.1, 0.15) is 18.5 Å². The number of hydrazone groups is 1. The van der Waals surface area contributed by atoms with Crippen molar-refractivity contribution in [1.82, 2.24) is 20.5 Å². The summed E-state index contributed by atoms with van der Waals surface area (Å²) in [7, 11) is 1.56. The number of amides is 3. The van der Waals surface area contributed by atoms with E-state index in [0.717, 1.165) is 5.56 Å². The highest BCUT2D eigenvalue weighted by atomic mass is 16.5. The number of para-hydroxylation sites is 1. The van der Waals surface area contributed by atoms with Crippen LogP contribution in [0.5, 0.6) is 5.75 Å². The zero-order chi connectivity index (χ0) is 22.5. The summed E-state index contributed by atoms with van der Waals surface area (Å²) in [6, 6.07) is 17.3. The highest BCUT2D eigenvalue weighted by Gasteiger charge is 2.49. The Morgan fingerprint density at radius 3 is 2.59 bits per heavy atom. The predicted molar refractivity (Wildman–Crippen MR) is 118 cm³/mol. The van der Waals surface area contributed by atoms with Gasteiger partial charge in [0.15, 0.2) is 12.2 Å². The van der Waals surface area contributed by atoms with Crippen LogP contribution in [0.15, 0.2) is 70.8 Å². The summed E-state index contributed by atoms with van der Waals surface area (Å²) in [5.41, 5.74) is 3.73. The number of ether oxygens (including phenoxy) is 1. The fraction of sp³-hybridized carbons (Fsp3) is 0.273. The Labute approximate surface area is 185 Å². The molecule has 0 aromatic heterocycles. The van der Waals surface area contributed by atoms with Gasteiger partial charge in [-0.25, -0.2) is 15.2 Å². The summed E-state index contributed by atoms with van der Waals surface area (Å²) >= 11 is 0. The summed E-state index contributed by atoms with van der Waals surface area (Å²) in [5, 5.41) is 17.1. The van der Waals surface area contributed by atoms with E-state index in [-0.39, 0.29) is 19.1 Å². The van der Waals surface area contributed by atoms with Crippen LogP contribution in [-0.2, 0) is 4.79 Å². The lowest BCUT2D eigenvalue weighted by Gasteiger charge is -2.36. The van der Waals surface area contributed by atoms with Crippen molar-refractivity contribution in [3.05, 3.63) is 66.2 Å². The van der Waals surface area contributed by atoms with Gasteiger partial charge in [-0.05, 0) is 17.7 Å². The number of carbonyl (C=O) groups excluding carboxylic acids is 2. The van der Waals surface area contributed by atoms with Gasteiger partial charge in [-0.1, -0.05) is 48.5 Å². The van der Waals surface area contributed by atoms with Crippen molar-refractivity contribution in [3.8, 4) is 5.75 Å². The number of aliphatic hydroxyl groups is 1. The summed E-state index contributed by atoms with van der Waals surface area (Å²) in [6.07, 6.45) is -0.0327. The van der Waals surface area contributed by atoms with Crippen LogP contribution in [0.4, 0.5) is 4.79 Å². The highest BCUT2D eigenvalue weighted by Crippen LogP contribution is 2.23. The van der Waals surface area contributed by atoms with Gasteiger partial charge in [0.05, 0.1) is 12.8 Å². The molecule has 2 aromatic carbocycles. The van der Waals surface area contributed by atoms with Crippen LogP contribution in [0.25, 0.3) is 0 Å². The first-order valence-corrected chi connectivity index (χ1v) is 10.1. The molecule has 0 bridgehead atoms. The topological polar surface area (TPSA) is 119 Å². The number of imide groups is 1. The second-order valence-electron chi connectivity index (χ2n) is 7.43. The number of β-amino-alcohol motifs (C(OH)–C–C–N with tert-alkyl or cyclic N) is 1. The average Bonchev–Trinajstić information content (AvgIpc) is 3.16. The standard InChI is InChI=1S/C22H24N6O4/c1-27-19-18(20(30)25-22(27)31)28(13-16(29)14-32-17-10-6-3-7-11-17)21(24-19)26-23-12-15-8-4-2-5-9-15/h2-12,16,18-19,29H,13-14H2,1H3,(H,24,26)(H,25,30,31)/b23-12+. The molecule has 3 atom stereocenters. The van der Waals surface area contributed by atoms with Crippen molar-refractivity contribution < 1.29 is 19.4 Å². The third-order valence-electron chi connectivity index (χ3n) is 5.13. The molecule has 4 rings (SSSR count). The lowest BCUT2D eigenvalue weighted by Crippen LogP contribution is -2.64. The Morgan fingerprint density at radius 2 is 1.88 bits per heavy atom. The maximum absolute atomic E-state index is 12.6. The lowest BCUT2D eigenvalue weighted by atomic mass is 10.1. The molecule has 0 aliphatic carbocycles. The average molecular weight is 436 g/mol. The smallest absolute Gasteiger partial charge is 0.325 e. The van der Waals surface area contributed by atoms with E-state index in [9.17, 15) is 14.7 Å².